The highest BCUT2D eigenvalue weighted by Gasteiger charge is 2.15. The lowest BCUT2D eigenvalue weighted by molar-refractivity contribution is -0.141. The Morgan fingerprint density at radius 3 is 2.62 bits per heavy atom. The van der Waals surface area contributed by atoms with Gasteiger partial charge in [-0.25, -0.2) is 0 Å². The molecule has 3 heteroatoms. The van der Waals surface area contributed by atoms with Crippen molar-refractivity contribution in [2.24, 2.45) is 11.8 Å². The number of hydrogen-bond donors (Lipinski definition) is 2. The summed E-state index contributed by atoms with van der Waals surface area (Å²) in [6, 6.07) is 0. The third-order valence-corrected chi connectivity index (χ3v) is 3.69. The SMILES string of the molecule is CCC(CNCCC1CCCCC1)C(=O)O. The molecule has 16 heavy (non-hydrogen) atoms. The number of carboxylic acids is 1. The van der Waals surface area contributed by atoms with E-state index in [0.717, 1.165) is 12.5 Å². The Labute approximate surface area is 98.6 Å². The van der Waals surface area contributed by atoms with Crippen molar-refractivity contribution >= 4 is 5.97 Å². The van der Waals surface area contributed by atoms with E-state index in [4.69, 9.17) is 5.11 Å². The molecule has 0 saturated heterocycles. The standard InChI is InChI=1S/C13H25NO2/c1-2-12(13(15)16)10-14-9-8-11-6-4-3-5-7-11/h11-12,14H,2-10H2,1H3,(H,15,16). The first-order valence-corrected chi connectivity index (χ1v) is 6.67. The average molecular weight is 227 g/mol. The monoisotopic (exact) mass is 227 g/mol. The van der Waals surface area contributed by atoms with Gasteiger partial charge in [0.2, 0.25) is 0 Å². The van der Waals surface area contributed by atoms with Crippen LogP contribution in [-0.4, -0.2) is 24.2 Å². The van der Waals surface area contributed by atoms with Crippen molar-refractivity contribution in [3.8, 4) is 0 Å². The van der Waals surface area contributed by atoms with Crippen molar-refractivity contribution in [3.63, 3.8) is 0 Å². The molecule has 1 fully saturated rings. The van der Waals surface area contributed by atoms with E-state index in [1.807, 2.05) is 6.92 Å². The van der Waals surface area contributed by atoms with E-state index in [1.54, 1.807) is 0 Å². The highest BCUT2D eigenvalue weighted by atomic mass is 16.4. The van der Waals surface area contributed by atoms with Gasteiger partial charge >= 0.3 is 5.97 Å². The van der Waals surface area contributed by atoms with Gasteiger partial charge in [-0.2, -0.15) is 0 Å². The number of carbonyl (C=O) groups is 1. The van der Waals surface area contributed by atoms with Gasteiger partial charge in [-0.3, -0.25) is 4.79 Å². The fourth-order valence-corrected chi connectivity index (χ4v) is 2.46. The molecule has 1 aliphatic carbocycles. The van der Waals surface area contributed by atoms with Crippen LogP contribution in [0.5, 0.6) is 0 Å². The Hall–Kier alpha value is -0.570. The Bertz CT molecular complexity index is 200. The molecule has 0 spiro atoms. The second-order valence-electron chi connectivity index (χ2n) is 4.94. The lowest BCUT2D eigenvalue weighted by atomic mass is 9.87. The maximum atomic E-state index is 10.8. The van der Waals surface area contributed by atoms with E-state index in [0.29, 0.717) is 13.0 Å². The van der Waals surface area contributed by atoms with E-state index in [9.17, 15) is 4.79 Å². The molecule has 0 aromatic rings. The van der Waals surface area contributed by atoms with Crippen LogP contribution in [0.3, 0.4) is 0 Å². The predicted molar refractivity (Wildman–Crippen MR) is 65.5 cm³/mol. The van der Waals surface area contributed by atoms with Crippen LogP contribution in [0.2, 0.25) is 0 Å². The van der Waals surface area contributed by atoms with Crippen molar-refractivity contribution in [3.05, 3.63) is 0 Å². The zero-order valence-corrected chi connectivity index (χ0v) is 10.4. The van der Waals surface area contributed by atoms with Gasteiger partial charge in [-0.15, -0.1) is 0 Å². The van der Waals surface area contributed by atoms with E-state index >= 15 is 0 Å². The molecule has 2 N–H and O–H groups in total. The molecule has 1 rings (SSSR count). The fraction of sp³-hybridized carbons (Fsp3) is 0.923. The maximum Gasteiger partial charge on any atom is 0.307 e. The van der Waals surface area contributed by atoms with Gasteiger partial charge in [0, 0.05) is 6.54 Å². The Morgan fingerprint density at radius 2 is 2.06 bits per heavy atom. The summed E-state index contributed by atoms with van der Waals surface area (Å²) in [6.07, 6.45) is 8.85. The Balaban J connectivity index is 2.03. The van der Waals surface area contributed by atoms with Gasteiger partial charge in [-0.05, 0) is 25.3 Å². The summed E-state index contributed by atoms with van der Waals surface area (Å²) in [5.74, 6) is -0.00910. The highest BCUT2D eigenvalue weighted by Crippen LogP contribution is 2.25. The van der Waals surface area contributed by atoms with E-state index < -0.39 is 5.97 Å². The molecule has 1 aliphatic rings. The Kier molecular flexibility index (Phi) is 6.46. The minimum atomic E-state index is -0.673. The summed E-state index contributed by atoms with van der Waals surface area (Å²) in [4.78, 5) is 10.8. The largest absolute Gasteiger partial charge is 0.481 e. The molecule has 1 unspecified atom stereocenters. The van der Waals surface area contributed by atoms with Crippen molar-refractivity contribution in [2.75, 3.05) is 13.1 Å². The topological polar surface area (TPSA) is 49.3 Å². The van der Waals surface area contributed by atoms with Gasteiger partial charge in [0.1, 0.15) is 0 Å². The molecule has 1 saturated carbocycles. The minimum Gasteiger partial charge on any atom is -0.481 e. The van der Waals surface area contributed by atoms with Crippen molar-refractivity contribution in [2.45, 2.75) is 51.9 Å². The lowest BCUT2D eigenvalue weighted by Gasteiger charge is -2.21. The van der Waals surface area contributed by atoms with Crippen molar-refractivity contribution < 1.29 is 9.90 Å². The first kappa shape index (κ1) is 13.5. The van der Waals surface area contributed by atoms with Crippen LogP contribution in [-0.2, 0) is 4.79 Å². The number of rotatable bonds is 7. The first-order valence-electron chi connectivity index (χ1n) is 6.67. The van der Waals surface area contributed by atoms with Crippen LogP contribution in [0.15, 0.2) is 0 Å². The summed E-state index contributed by atoms with van der Waals surface area (Å²) < 4.78 is 0. The maximum absolute atomic E-state index is 10.8. The average Bonchev–Trinajstić information content (AvgIpc) is 2.30. The number of carboxylic acid groups (broad SMARTS) is 1. The van der Waals surface area contributed by atoms with Gasteiger partial charge < -0.3 is 10.4 Å². The highest BCUT2D eigenvalue weighted by molar-refractivity contribution is 5.70. The van der Waals surface area contributed by atoms with E-state index in [1.165, 1.54) is 38.5 Å². The van der Waals surface area contributed by atoms with Gasteiger partial charge in [0.05, 0.1) is 5.92 Å². The van der Waals surface area contributed by atoms with Crippen molar-refractivity contribution in [1.29, 1.82) is 0 Å². The molecule has 1 atom stereocenters. The van der Waals surface area contributed by atoms with Crippen molar-refractivity contribution in [1.82, 2.24) is 5.32 Å². The van der Waals surface area contributed by atoms with E-state index in [2.05, 4.69) is 5.32 Å². The summed E-state index contributed by atoms with van der Waals surface area (Å²) in [5, 5.41) is 12.2. The third-order valence-electron chi connectivity index (χ3n) is 3.69. The van der Waals surface area contributed by atoms with Gasteiger partial charge in [0.25, 0.3) is 0 Å². The molecule has 3 nitrogen and oxygen atoms in total. The Morgan fingerprint density at radius 1 is 1.38 bits per heavy atom. The fourth-order valence-electron chi connectivity index (χ4n) is 2.46. The summed E-state index contributed by atoms with van der Waals surface area (Å²) in [6.45, 7) is 3.54. The quantitative estimate of drug-likeness (QED) is 0.657. The van der Waals surface area contributed by atoms with Crippen LogP contribution in [0.1, 0.15) is 51.9 Å². The zero-order valence-electron chi connectivity index (χ0n) is 10.4. The minimum absolute atomic E-state index is 0.216. The smallest absolute Gasteiger partial charge is 0.307 e. The second-order valence-corrected chi connectivity index (χ2v) is 4.94. The van der Waals surface area contributed by atoms with E-state index in [-0.39, 0.29) is 5.92 Å². The van der Waals surface area contributed by atoms with Crippen LogP contribution in [0, 0.1) is 11.8 Å². The van der Waals surface area contributed by atoms with Crippen LogP contribution >= 0.6 is 0 Å². The number of hydrogen-bond acceptors (Lipinski definition) is 2. The predicted octanol–water partition coefficient (Wildman–Crippen LogP) is 2.66. The van der Waals surface area contributed by atoms with Crippen LogP contribution < -0.4 is 5.32 Å². The third kappa shape index (κ3) is 4.97. The molecule has 0 bridgehead atoms. The molecule has 0 aromatic heterocycles. The molecule has 0 heterocycles. The zero-order chi connectivity index (χ0) is 11.8. The molecule has 0 amide bonds. The molecule has 0 aliphatic heterocycles. The molecule has 94 valence electrons. The lowest BCUT2D eigenvalue weighted by Crippen LogP contribution is -2.29. The normalized spacial score (nSPS) is 19.6. The molecular weight excluding hydrogens is 202 g/mol. The van der Waals surface area contributed by atoms with Gasteiger partial charge in [0.15, 0.2) is 0 Å². The van der Waals surface area contributed by atoms with Crippen LogP contribution in [0.4, 0.5) is 0 Å². The number of nitrogens with one attached hydrogen (secondary N) is 1. The summed E-state index contributed by atoms with van der Waals surface area (Å²) >= 11 is 0. The first-order chi connectivity index (χ1) is 7.74. The molecular formula is C13H25NO2. The second kappa shape index (κ2) is 7.66. The summed E-state index contributed by atoms with van der Waals surface area (Å²) in [5.41, 5.74) is 0. The molecule has 0 radical (unpaired) electrons. The number of aliphatic carboxylic acids is 1. The van der Waals surface area contributed by atoms with Crippen LogP contribution in [0.25, 0.3) is 0 Å². The summed E-state index contributed by atoms with van der Waals surface area (Å²) in [7, 11) is 0. The molecule has 0 aromatic carbocycles. The van der Waals surface area contributed by atoms with Gasteiger partial charge in [-0.1, -0.05) is 39.0 Å².